The molecule has 1 aliphatic carbocycles. The van der Waals surface area contributed by atoms with Gasteiger partial charge >= 0.3 is 0 Å². The number of sulfone groups is 1. The van der Waals surface area contributed by atoms with Crippen LogP contribution in [0.3, 0.4) is 0 Å². The Morgan fingerprint density at radius 2 is 1.67 bits per heavy atom. The van der Waals surface area contributed by atoms with E-state index in [0.717, 1.165) is 28.5 Å². The summed E-state index contributed by atoms with van der Waals surface area (Å²) >= 11 is 0. The molecule has 5 rings (SSSR count). The van der Waals surface area contributed by atoms with Crippen LogP contribution < -0.4 is 0 Å². The largest absolute Gasteiger partial charge is 0.299 e. The third-order valence-corrected chi connectivity index (χ3v) is 8.18. The number of rotatable bonds is 8. The van der Waals surface area contributed by atoms with Gasteiger partial charge in [0.2, 0.25) is 0 Å². The van der Waals surface area contributed by atoms with Crippen molar-refractivity contribution in [2.75, 3.05) is 5.75 Å². The fourth-order valence-corrected chi connectivity index (χ4v) is 5.73. The lowest BCUT2D eigenvalue weighted by Gasteiger charge is -2.07. The molecule has 0 N–H and O–H groups in total. The molecule has 0 saturated heterocycles. The lowest BCUT2D eigenvalue weighted by atomic mass is 10.00. The van der Waals surface area contributed by atoms with Gasteiger partial charge in [0.05, 0.1) is 10.6 Å². The summed E-state index contributed by atoms with van der Waals surface area (Å²) in [6.45, 7) is 0. The first-order valence-electron chi connectivity index (χ1n) is 11.2. The smallest absolute Gasteiger partial charge is 0.178 e. The van der Waals surface area contributed by atoms with Crippen molar-refractivity contribution >= 4 is 26.4 Å². The van der Waals surface area contributed by atoms with Gasteiger partial charge in [-0.1, -0.05) is 60.7 Å². The molecule has 1 fully saturated rings. The maximum absolute atomic E-state index is 12.8. The average Bonchev–Trinajstić information content (AvgIpc) is 3.65. The Bertz CT molecular complexity index is 1400. The Kier molecular flexibility index (Phi) is 5.81. The normalized spacial score (nSPS) is 17.7. The highest BCUT2D eigenvalue weighted by atomic mass is 32.2. The van der Waals surface area contributed by atoms with E-state index in [9.17, 15) is 13.2 Å². The Morgan fingerprint density at radius 1 is 0.879 bits per heavy atom. The second-order valence-corrected chi connectivity index (χ2v) is 10.9. The third kappa shape index (κ3) is 4.88. The topological polar surface area (TPSA) is 64.1 Å². The van der Waals surface area contributed by atoms with Crippen LogP contribution in [0.25, 0.3) is 10.8 Å². The zero-order chi connectivity index (χ0) is 22.8. The van der Waals surface area contributed by atoms with Crippen molar-refractivity contribution in [3.8, 4) is 0 Å². The van der Waals surface area contributed by atoms with Crippen molar-refractivity contribution in [3.05, 3.63) is 108 Å². The molecule has 1 aromatic heterocycles. The summed E-state index contributed by atoms with van der Waals surface area (Å²) in [4.78, 5) is 17.2. The van der Waals surface area contributed by atoms with Gasteiger partial charge in [-0.05, 0) is 64.4 Å². The number of benzene rings is 3. The Balaban J connectivity index is 1.20. The van der Waals surface area contributed by atoms with Gasteiger partial charge in [0.15, 0.2) is 9.84 Å². The number of hydrogen-bond donors (Lipinski definition) is 0. The molecule has 0 aliphatic heterocycles. The van der Waals surface area contributed by atoms with E-state index in [1.807, 2.05) is 42.5 Å². The maximum atomic E-state index is 12.8. The Morgan fingerprint density at radius 3 is 2.42 bits per heavy atom. The zero-order valence-electron chi connectivity index (χ0n) is 18.2. The van der Waals surface area contributed by atoms with E-state index in [0.29, 0.717) is 17.7 Å². The van der Waals surface area contributed by atoms with Gasteiger partial charge in [-0.3, -0.25) is 9.78 Å². The number of carbonyl (C=O) groups excluding carboxylic acids is 1. The maximum Gasteiger partial charge on any atom is 0.178 e. The number of carbonyl (C=O) groups is 1. The summed E-state index contributed by atoms with van der Waals surface area (Å²) in [5, 5.41) is 2.32. The molecule has 0 amide bonds. The second-order valence-electron chi connectivity index (χ2n) is 8.77. The van der Waals surface area contributed by atoms with Crippen molar-refractivity contribution in [3.63, 3.8) is 0 Å². The first-order chi connectivity index (χ1) is 16.0. The van der Waals surface area contributed by atoms with Crippen LogP contribution in [0.4, 0.5) is 0 Å². The zero-order valence-corrected chi connectivity index (χ0v) is 19.0. The number of nitrogens with zero attached hydrogens (tertiary/aromatic N) is 1. The van der Waals surface area contributed by atoms with E-state index in [4.69, 9.17) is 0 Å². The van der Waals surface area contributed by atoms with Crippen molar-refractivity contribution < 1.29 is 13.2 Å². The number of Topliss-reactive ketones (excluding diaryl/α,β-unsaturated/α-hetero) is 1. The molecule has 0 bridgehead atoms. The third-order valence-electron chi connectivity index (χ3n) is 6.45. The molecule has 4 aromatic rings. The molecule has 1 saturated carbocycles. The minimum Gasteiger partial charge on any atom is -0.299 e. The Labute approximate surface area is 194 Å². The van der Waals surface area contributed by atoms with Crippen molar-refractivity contribution in [1.29, 1.82) is 0 Å². The van der Waals surface area contributed by atoms with Crippen molar-refractivity contribution in [2.24, 2.45) is 5.92 Å². The number of fused-ring (bicyclic) bond motifs is 1. The minimum absolute atomic E-state index is 0.0181. The molecule has 1 unspecified atom stereocenters. The van der Waals surface area contributed by atoms with Crippen LogP contribution in [0.5, 0.6) is 0 Å². The first kappa shape index (κ1) is 21.5. The predicted molar refractivity (Wildman–Crippen MR) is 130 cm³/mol. The summed E-state index contributed by atoms with van der Waals surface area (Å²) in [6, 6.07) is 25.1. The summed E-state index contributed by atoms with van der Waals surface area (Å²) in [7, 11) is -3.36. The molecule has 1 heterocycles. The molecule has 166 valence electrons. The molecule has 4 nitrogen and oxygen atoms in total. The van der Waals surface area contributed by atoms with Crippen molar-refractivity contribution in [1.82, 2.24) is 4.98 Å². The van der Waals surface area contributed by atoms with Crippen LogP contribution in [-0.4, -0.2) is 24.9 Å². The minimum atomic E-state index is -3.36. The van der Waals surface area contributed by atoms with E-state index >= 15 is 0 Å². The van der Waals surface area contributed by atoms with Crippen LogP contribution in [0.2, 0.25) is 0 Å². The fraction of sp³-hybridized carbons (Fsp3) is 0.214. The van der Waals surface area contributed by atoms with Gasteiger partial charge in [-0.2, -0.15) is 0 Å². The summed E-state index contributed by atoms with van der Waals surface area (Å²) < 4.78 is 25.4. The number of pyridine rings is 1. The van der Waals surface area contributed by atoms with Gasteiger partial charge in [0.1, 0.15) is 5.78 Å². The highest BCUT2D eigenvalue weighted by Gasteiger charge is 2.43. The summed E-state index contributed by atoms with van der Waals surface area (Å²) in [6.07, 6.45) is 5.08. The monoisotopic (exact) mass is 455 g/mol. The molecule has 3 aromatic carbocycles. The van der Waals surface area contributed by atoms with Crippen molar-refractivity contribution in [2.45, 2.75) is 30.1 Å². The first-order valence-corrected chi connectivity index (χ1v) is 12.9. The fourth-order valence-electron chi connectivity index (χ4n) is 4.44. The lowest BCUT2D eigenvalue weighted by Crippen LogP contribution is -2.09. The van der Waals surface area contributed by atoms with E-state index in [-0.39, 0.29) is 23.4 Å². The van der Waals surface area contributed by atoms with Gasteiger partial charge in [0.25, 0.3) is 0 Å². The van der Waals surface area contributed by atoms with E-state index in [1.54, 1.807) is 24.5 Å². The van der Waals surface area contributed by atoms with E-state index in [1.165, 1.54) is 5.39 Å². The molecule has 1 aliphatic rings. The molecule has 0 spiro atoms. The predicted octanol–water partition coefficient (Wildman–Crippen LogP) is 5.17. The van der Waals surface area contributed by atoms with Gasteiger partial charge in [-0.15, -0.1) is 0 Å². The highest BCUT2D eigenvalue weighted by Crippen LogP contribution is 2.48. The van der Waals surface area contributed by atoms with Crippen LogP contribution in [-0.2, 0) is 27.5 Å². The second kappa shape index (κ2) is 8.91. The molecular formula is C28H25NO3S. The summed E-state index contributed by atoms with van der Waals surface area (Å²) in [5.41, 5.74) is 2.99. The Hall–Kier alpha value is -3.31. The summed E-state index contributed by atoms with van der Waals surface area (Å²) in [5.74, 6) is 0.506. The molecule has 33 heavy (non-hydrogen) atoms. The van der Waals surface area contributed by atoms with E-state index < -0.39 is 9.84 Å². The van der Waals surface area contributed by atoms with Gasteiger partial charge in [0, 0.05) is 24.7 Å². The van der Waals surface area contributed by atoms with Crippen LogP contribution in [0.15, 0.2) is 96.2 Å². The SMILES string of the molecule is O=C(Cc1ccc2ccccc2c1)[C@@H]1CC1c1ccc(S(=O)(=O)CCc2cccnc2)cc1. The van der Waals surface area contributed by atoms with E-state index in [2.05, 4.69) is 29.2 Å². The number of ketones is 1. The molecule has 0 radical (unpaired) electrons. The lowest BCUT2D eigenvalue weighted by molar-refractivity contribution is -0.119. The van der Waals surface area contributed by atoms with Crippen LogP contribution >= 0.6 is 0 Å². The van der Waals surface area contributed by atoms with Crippen LogP contribution in [0, 0.1) is 5.92 Å². The molecular weight excluding hydrogens is 430 g/mol. The number of aromatic nitrogens is 1. The molecule has 5 heteroatoms. The number of aryl methyl sites for hydroxylation is 1. The van der Waals surface area contributed by atoms with Gasteiger partial charge < -0.3 is 0 Å². The quantitative estimate of drug-likeness (QED) is 0.368. The molecule has 2 atom stereocenters. The average molecular weight is 456 g/mol. The standard InChI is InChI=1S/C28H25NO3S/c30-28(17-21-7-8-22-5-1-2-6-24(22)16-21)27-18-26(27)23-9-11-25(12-10-23)33(31,32)15-13-20-4-3-14-29-19-20/h1-12,14,16,19,26-27H,13,15,17-18H2/t26?,27-/m1/s1. The highest BCUT2D eigenvalue weighted by molar-refractivity contribution is 7.91. The van der Waals surface area contributed by atoms with Crippen LogP contribution in [0.1, 0.15) is 29.0 Å². The number of hydrogen-bond acceptors (Lipinski definition) is 4. The van der Waals surface area contributed by atoms with Gasteiger partial charge in [-0.25, -0.2) is 8.42 Å².